The van der Waals surface area contributed by atoms with Crippen LogP contribution in [0.25, 0.3) is 10.9 Å². The Morgan fingerprint density at radius 2 is 2.07 bits per heavy atom. The number of fused-ring (bicyclic) bond motifs is 1. The highest BCUT2D eigenvalue weighted by atomic mass is 35.5. The van der Waals surface area contributed by atoms with Crippen LogP contribution >= 0.6 is 23.2 Å². The number of nitrogens with two attached hydrogens (primary N) is 1. The van der Waals surface area contributed by atoms with Crippen molar-refractivity contribution in [2.75, 3.05) is 6.54 Å². The van der Waals surface area contributed by atoms with Crippen LogP contribution in [0.5, 0.6) is 0 Å². The highest BCUT2D eigenvalue weighted by Gasteiger charge is 2.08. The molecule has 2 nitrogen and oxygen atoms in total. The van der Waals surface area contributed by atoms with E-state index in [1.165, 1.54) is 0 Å². The van der Waals surface area contributed by atoms with E-state index >= 15 is 0 Å². The molecule has 0 aliphatic carbocycles. The molecule has 0 radical (unpaired) electrons. The van der Waals surface area contributed by atoms with Gasteiger partial charge in [-0.3, -0.25) is 0 Å². The second-order valence-corrected chi connectivity index (χ2v) is 3.96. The van der Waals surface area contributed by atoms with Crippen LogP contribution in [0, 0.1) is 0 Å². The lowest BCUT2D eigenvalue weighted by atomic mass is 10.1. The lowest BCUT2D eigenvalue weighted by Crippen LogP contribution is -2.02. The Balaban J connectivity index is 2.64. The number of aromatic nitrogens is 1. The number of rotatable bonds is 2. The van der Waals surface area contributed by atoms with Crippen LogP contribution in [0.2, 0.25) is 10.2 Å². The standard InChI is InChI=1S/C10H10Cl2N2/c11-6-1-2-7-8(3-4-13)10(12)14-9(7)5-6/h1-2,5,14H,3-4,13H2. The summed E-state index contributed by atoms with van der Waals surface area (Å²) in [5.41, 5.74) is 7.55. The van der Waals surface area contributed by atoms with Gasteiger partial charge in [0, 0.05) is 15.9 Å². The van der Waals surface area contributed by atoms with Crippen LogP contribution in [-0.4, -0.2) is 11.5 Å². The van der Waals surface area contributed by atoms with Crippen LogP contribution in [-0.2, 0) is 6.42 Å². The number of hydrogen-bond acceptors (Lipinski definition) is 1. The number of H-pyrrole nitrogens is 1. The largest absolute Gasteiger partial charge is 0.345 e. The summed E-state index contributed by atoms with van der Waals surface area (Å²) in [7, 11) is 0. The minimum atomic E-state index is 0.593. The molecule has 2 rings (SSSR count). The van der Waals surface area contributed by atoms with Gasteiger partial charge in [-0.2, -0.15) is 0 Å². The normalized spacial score (nSPS) is 11.1. The molecule has 0 amide bonds. The van der Waals surface area contributed by atoms with Crippen molar-refractivity contribution < 1.29 is 0 Å². The molecular weight excluding hydrogens is 219 g/mol. The average Bonchev–Trinajstić information content (AvgIpc) is 2.43. The van der Waals surface area contributed by atoms with Crippen molar-refractivity contribution in [1.82, 2.24) is 4.98 Å². The van der Waals surface area contributed by atoms with E-state index in [-0.39, 0.29) is 0 Å². The Hall–Kier alpha value is -0.700. The third-order valence-electron chi connectivity index (χ3n) is 2.21. The van der Waals surface area contributed by atoms with Gasteiger partial charge in [0.15, 0.2) is 0 Å². The predicted octanol–water partition coefficient (Wildman–Crippen LogP) is 2.98. The molecule has 14 heavy (non-hydrogen) atoms. The fraction of sp³-hybridized carbons (Fsp3) is 0.200. The van der Waals surface area contributed by atoms with Crippen molar-refractivity contribution >= 4 is 34.1 Å². The van der Waals surface area contributed by atoms with E-state index < -0.39 is 0 Å². The minimum Gasteiger partial charge on any atom is -0.345 e. The van der Waals surface area contributed by atoms with Crippen molar-refractivity contribution in [3.8, 4) is 0 Å². The maximum absolute atomic E-state index is 6.04. The Kier molecular flexibility index (Phi) is 2.68. The molecule has 0 aliphatic rings. The Morgan fingerprint density at radius 3 is 2.79 bits per heavy atom. The summed E-state index contributed by atoms with van der Waals surface area (Å²) in [6, 6.07) is 5.68. The van der Waals surface area contributed by atoms with E-state index in [0.29, 0.717) is 16.7 Å². The van der Waals surface area contributed by atoms with Crippen LogP contribution in [0.3, 0.4) is 0 Å². The van der Waals surface area contributed by atoms with E-state index in [2.05, 4.69) is 4.98 Å². The molecule has 0 atom stereocenters. The maximum atomic E-state index is 6.04. The summed E-state index contributed by atoms with van der Waals surface area (Å²) in [6.45, 7) is 0.593. The zero-order chi connectivity index (χ0) is 10.1. The second kappa shape index (κ2) is 3.81. The first kappa shape index (κ1) is 9.84. The number of hydrogen-bond donors (Lipinski definition) is 2. The Morgan fingerprint density at radius 1 is 1.29 bits per heavy atom. The molecule has 0 saturated carbocycles. The quantitative estimate of drug-likeness (QED) is 0.816. The highest BCUT2D eigenvalue weighted by molar-refractivity contribution is 6.33. The maximum Gasteiger partial charge on any atom is 0.110 e. The van der Waals surface area contributed by atoms with Crippen LogP contribution in [0.1, 0.15) is 5.56 Å². The molecule has 74 valence electrons. The van der Waals surface area contributed by atoms with E-state index in [1.807, 2.05) is 18.2 Å². The first-order chi connectivity index (χ1) is 6.72. The van der Waals surface area contributed by atoms with E-state index in [4.69, 9.17) is 28.9 Å². The molecule has 4 heteroatoms. The third kappa shape index (κ3) is 1.61. The minimum absolute atomic E-state index is 0.593. The van der Waals surface area contributed by atoms with Gasteiger partial charge in [-0.1, -0.05) is 29.3 Å². The number of aromatic amines is 1. The van der Waals surface area contributed by atoms with Gasteiger partial charge >= 0.3 is 0 Å². The fourth-order valence-corrected chi connectivity index (χ4v) is 2.05. The van der Waals surface area contributed by atoms with Crippen LogP contribution < -0.4 is 5.73 Å². The van der Waals surface area contributed by atoms with Crippen LogP contribution in [0.4, 0.5) is 0 Å². The van der Waals surface area contributed by atoms with E-state index in [9.17, 15) is 0 Å². The SMILES string of the molecule is NCCc1c(Cl)[nH]c2cc(Cl)ccc12. The summed E-state index contributed by atoms with van der Waals surface area (Å²) < 4.78 is 0. The zero-order valence-electron chi connectivity index (χ0n) is 7.48. The van der Waals surface area contributed by atoms with Crippen molar-refractivity contribution in [1.29, 1.82) is 0 Å². The van der Waals surface area contributed by atoms with Crippen molar-refractivity contribution in [3.63, 3.8) is 0 Å². The van der Waals surface area contributed by atoms with Gasteiger partial charge in [0.05, 0.1) is 0 Å². The van der Waals surface area contributed by atoms with Crippen molar-refractivity contribution in [2.24, 2.45) is 5.73 Å². The summed E-state index contributed by atoms with van der Waals surface area (Å²) in [4.78, 5) is 3.08. The molecular formula is C10H10Cl2N2. The zero-order valence-corrected chi connectivity index (χ0v) is 8.99. The highest BCUT2D eigenvalue weighted by Crippen LogP contribution is 2.28. The van der Waals surface area contributed by atoms with Gasteiger partial charge in [-0.05, 0) is 30.7 Å². The van der Waals surface area contributed by atoms with Crippen molar-refractivity contribution in [3.05, 3.63) is 33.9 Å². The molecule has 0 spiro atoms. The first-order valence-electron chi connectivity index (χ1n) is 4.38. The third-order valence-corrected chi connectivity index (χ3v) is 2.77. The molecule has 0 aliphatic heterocycles. The first-order valence-corrected chi connectivity index (χ1v) is 5.13. The summed E-state index contributed by atoms with van der Waals surface area (Å²) >= 11 is 11.9. The smallest absolute Gasteiger partial charge is 0.110 e. The molecule has 0 bridgehead atoms. The molecule has 3 N–H and O–H groups in total. The molecule has 0 unspecified atom stereocenters. The Labute approximate surface area is 92.0 Å². The Bertz CT molecular complexity index is 462. The number of nitrogens with one attached hydrogen (secondary N) is 1. The molecule has 1 aromatic heterocycles. The van der Waals surface area contributed by atoms with Gasteiger partial charge < -0.3 is 10.7 Å². The number of benzene rings is 1. The van der Waals surface area contributed by atoms with Gasteiger partial charge in [0.2, 0.25) is 0 Å². The average molecular weight is 229 g/mol. The predicted molar refractivity (Wildman–Crippen MR) is 61.1 cm³/mol. The van der Waals surface area contributed by atoms with E-state index in [0.717, 1.165) is 22.9 Å². The molecule has 0 saturated heterocycles. The molecule has 0 fully saturated rings. The number of halogens is 2. The summed E-state index contributed by atoms with van der Waals surface area (Å²) in [5, 5.41) is 2.47. The second-order valence-electron chi connectivity index (χ2n) is 3.15. The van der Waals surface area contributed by atoms with Gasteiger partial charge in [-0.25, -0.2) is 0 Å². The lowest BCUT2D eigenvalue weighted by Gasteiger charge is -1.96. The summed E-state index contributed by atoms with van der Waals surface area (Å²) in [6.07, 6.45) is 0.778. The molecule has 1 heterocycles. The van der Waals surface area contributed by atoms with Crippen molar-refractivity contribution in [2.45, 2.75) is 6.42 Å². The van der Waals surface area contributed by atoms with Gasteiger partial charge in [-0.15, -0.1) is 0 Å². The summed E-state index contributed by atoms with van der Waals surface area (Å²) in [5.74, 6) is 0. The van der Waals surface area contributed by atoms with E-state index in [1.54, 1.807) is 0 Å². The van der Waals surface area contributed by atoms with Gasteiger partial charge in [0.1, 0.15) is 5.15 Å². The van der Waals surface area contributed by atoms with Crippen LogP contribution in [0.15, 0.2) is 18.2 Å². The monoisotopic (exact) mass is 228 g/mol. The molecule has 2 aromatic rings. The topological polar surface area (TPSA) is 41.8 Å². The fourth-order valence-electron chi connectivity index (χ4n) is 1.58. The van der Waals surface area contributed by atoms with Gasteiger partial charge in [0.25, 0.3) is 0 Å². The lowest BCUT2D eigenvalue weighted by molar-refractivity contribution is 0.976. The molecule has 1 aromatic carbocycles.